The zero-order valence-corrected chi connectivity index (χ0v) is 17.6. The van der Waals surface area contributed by atoms with Crippen LogP contribution in [0.5, 0.6) is 5.75 Å². The minimum absolute atomic E-state index is 0.114. The van der Waals surface area contributed by atoms with E-state index in [0.717, 1.165) is 27.6 Å². The molecule has 0 amide bonds. The number of esters is 1. The summed E-state index contributed by atoms with van der Waals surface area (Å²) in [5, 5.41) is 13.2. The van der Waals surface area contributed by atoms with Crippen LogP contribution in [0.3, 0.4) is 0 Å². The third kappa shape index (κ3) is 4.39. The van der Waals surface area contributed by atoms with Crippen molar-refractivity contribution in [3.63, 3.8) is 0 Å². The molecule has 0 saturated carbocycles. The van der Waals surface area contributed by atoms with Gasteiger partial charge >= 0.3 is 11.7 Å². The number of rotatable bonds is 5. The number of nitrogens with zero attached hydrogens (tertiary/aromatic N) is 2. The smallest absolute Gasteiger partial charge is 0.344 e. The van der Waals surface area contributed by atoms with Gasteiger partial charge in [-0.25, -0.2) is 4.79 Å². The molecule has 4 rings (SSSR count). The molecule has 0 aromatic heterocycles. The lowest BCUT2D eigenvalue weighted by Gasteiger charge is -2.08. The molecule has 158 valence electrons. The standard InChI is InChI=1S/C26H20N2O4/c1-17-10-12-23(18(2)14-17)27-16-19-11-13-25(24(15-19)28(30)31)32-26(29)22-9-5-7-20-6-3-4-8-21(20)22/h3-16H,1-2H3. The van der Waals surface area contributed by atoms with Gasteiger partial charge in [-0.05, 0) is 60.0 Å². The number of hydrogen-bond donors (Lipinski definition) is 0. The first kappa shape index (κ1) is 20.9. The summed E-state index contributed by atoms with van der Waals surface area (Å²) in [6.45, 7) is 3.96. The molecule has 0 N–H and O–H groups in total. The van der Waals surface area contributed by atoms with Crippen LogP contribution in [0.4, 0.5) is 11.4 Å². The average Bonchev–Trinajstić information content (AvgIpc) is 2.78. The molecule has 0 unspecified atom stereocenters. The molecule has 0 atom stereocenters. The van der Waals surface area contributed by atoms with E-state index in [2.05, 4.69) is 4.99 Å². The average molecular weight is 424 g/mol. The Balaban J connectivity index is 1.62. The zero-order chi connectivity index (χ0) is 22.7. The van der Waals surface area contributed by atoms with E-state index in [1.165, 1.54) is 12.1 Å². The highest BCUT2D eigenvalue weighted by Gasteiger charge is 2.20. The predicted molar refractivity (Wildman–Crippen MR) is 125 cm³/mol. The van der Waals surface area contributed by atoms with Crippen molar-refractivity contribution in [3.05, 3.63) is 111 Å². The monoisotopic (exact) mass is 424 g/mol. The molecule has 0 bridgehead atoms. The van der Waals surface area contributed by atoms with Crippen molar-refractivity contribution in [2.24, 2.45) is 4.99 Å². The third-order valence-electron chi connectivity index (χ3n) is 5.10. The molecule has 0 aliphatic carbocycles. The van der Waals surface area contributed by atoms with Crippen LogP contribution in [0.2, 0.25) is 0 Å². The molecule has 6 heteroatoms. The summed E-state index contributed by atoms with van der Waals surface area (Å²) in [5.74, 6) is -0.766. The first-order chi connectivity index (χ1) is 15.4. The van der Waals surface area contributed by atoms with E-state index in [0.29, 0.717) is 11.1 Å². The fourth-order valence-electron chi connectivity index (χ4n) is 3.50. The predicted octanol–water partition coefficient (Wildman–Crippen LogP) is 6.33. The van der Waals surface area contributed by atoms with Gasteiger partial charge in [0.25, 0.3) is 0 Å². The van der Waals surface area contributed by atoms with Crippen molar-refractivity contribution in [2.75, 3.05) is 0 Å². The van der Waals surface area contributed by atoms with Crippen LogP contribution >= 0.6 is 0 Å². The molecule has 0 saturated heterocycles. The number of benzene rings is 4. The Morgan fingerprint density at radius 3 is 2.53 bits per heavy atom. The molecule has 0 fully saturated rings. The topological polar surface area (TPSA) is 81.8 Å². The van der Waals surface area contributed by atoms with E-state index in [9.17, 15) is 14.9 Å². The number of fused-ring (bicyclic) bond motifs is 1. The van der Waals surface area contributed by atoms with Crippen LogP contribution in [0.1, 0.15) is 27.0 Å². The van der Waals surface area contributed by atoms with E-state index in [1.54, 1.807) is 24.4 Å². The molecule has 0 spiro atoms. The Kier molecular flexibility index (Phi) is 5.77. The maximum Gasteiger partial charge on any atom is 0.344 e. The van der Waals surface area contributed by atoms with E-state index in [-0.39, 0.29) is 11.4 Å². The fourth-order valence-corrected chi connectivity index (χ4v) is 3.50. The van der Waals surface area contributed by atoms with Gasteiger partial charge in [-0.15, -0.1) is 0 Å². The molecule has 32 heavy (non-hydrogen) atoms. The van der Waals surface area contributed by atoms with Crippen molar-refractivity contribution >= 4 is 34.3 Å². The fraction of sp³-hybridized carbons (Fsp3) is 0.0769. The highest BCUT2D eigenvalue weighted by molar-refractivity contribution is 6.05. The molecular weight excluding hydrogens is 404 g/mol. The molecule has 0 aliphatic heterocycles. The van der Waals surface area contributed by atoms with Crippen LogP contribution in [0, 0.1) is 24.0 Å². The number of nitro groups is 1. The minimum atomic E-state index is -0.651. The summed E-state index contributed by atoms with van der Waals surface area (Å²) in [6, 6.07) is 22.9. The lowest BCUT2D eigenvalue weighted by molar-refractivity contribution is -0.385. The van der Waals surface area contributed by atoms with E-state index >= 15 is 0 Å². The van der Waals surface area contributed by atoms with Crippen molar-refractivity contribution in [2.45, 2.75) is 13.8 Å². The first-order valence-electron chi connectivity index (χ1n) is 10.0. The summed E-state index contributed by atoms with van der Waals surface area (Å²) in [5.41, 5.74) is 3.50. The molecule has 4 aromatic carbocycles. The summed E-state index contributed by atoms with van der Waals surface area (Å²) in [4.78, 5) is 28.3. The van der Waals surface area contributed by atoms with Crippen molar-refractivity contribution in [3.8, 4) is 5.75 Å². The second-order valence-corrected chi connectivity index (χ2v) is 7.45. The van der Waals surface area contributed by atoms with Gasteiger partial charge in [0.2, 0.25) is 5.75 Å². The number of carbonyl (C=O) groups excluding carboxylic acids is 1. The Labute approximate surface area is 185 Å². The third-order valence-corrected chi connectivity index (χ3v) is 5.10. The Bertz CT molecular complexity index is 1370. The van der Waals surface area contributed by atoms with E-state index in [4.69, 9.17) is 4.74 Å². The Morgan fingerprint density at radius 2 is 1.75 bits per heavy atom. The summed E-state index contributed by atoms with van der Waals surface area (Å²) >= 11 is 0. The van der Waals surface area contributed by atoms with Gasteiger partial charge in [0.05, 0.1) is 16.2 Å². The number of aliphatic imine (C=N–C) groups is 1. The van der Waals surface area contributed by atoms with E-state index < -0.39 is 10.9 Å². The van der Waals surface area contributed by atoms with Crippen LogP contribution in [-0.4, -0.2) is 17.1 Å². The molecule has 0 radical (unpaired) electrons. The van der Waals surface area contributed by atoms with Crippen LogP contribution < -0.4 is 4.74 Å². The molecule has 0 aliphatic rings. The Hall–Kier alpha value is -4.32. The van der Waals surface area contributed by atoms with Gasteiger partial charge in [0.15, 0.2) is 0 Å². The summed E-state index contributed by atoms with van der Waals surface area (Å²) in [6.07, 6.45) is 1.56. The quantitative estimate of drug-likeness (QED) is 0.123. The van der Waals surface area contributed by atoms with Crippen LogP contribution in [0.25, 0.3) is 10.8 Å². The lowest BCUT2D eigenvalue weighted by atomic mass is 10.0. The first-order valence-corrected chi connectivity index (χ1v) is 10.0. The molecule has 0 heterocycles. The van der Waals surface area contributed by atoms with Crippen molar-refractivity contribution in [1.29, 1.82) is 0 Å². The second-order valence-electron chi connectivity index (χ2n) is 7.45. The maximum absolute atomic E-state index is 12.8. The maximum atomic E-state index is 12.8. The largest absolute Gasteiger partial charge is 0.416 e. The normalized spacial score (nSPS) is 11.1. The molecule has 4 aromatic rings. The minimum Gasteiger partial charge on any atom is -0.416 e. The zero-order valence-electron chi connectivity index (χ0n) is 17.6. The van der Waals surface area contributed by atoms with Crippen molar-refractivity contribution in [1.82, 2.24) is 0 Å². The summed E-state index contributed by atoms with van der Waals surface area (Å²) < 4.78 is 5.43. The number of ether oxygens (including phenoxy) is 1. The molecule has 6 nitrogen and oxygen atoms in total. The summed E-state index contributed by atoms with van der Waals surface area (Å²) in [7, 11) is 0. The van der Waals surface area contributed by atoms with Crippen LogP contribution in [-0.2, 0) is 0 Å². The number of hydrogen-bond acceptors (Lipinski definition) is 5. The Morgan fingerprint density at radius 1 is 0.969 bits per heavy atom. The number of aryl methyl sites for hydroxylation is 2. The van der Waals surface area contributed by atoms with Gasteiger partial charge < -0.3 is 4.74 Å². The van der Waals surface area contributed by atoms with Crippen molar-refractivity contribution < 1.29 is 14.5 Å². The lowest BCUT2D eigenvalue weighted by Crippen LogP contribution is -2.10. The van der Waals surface area contributed by atoms with Gasteiger partial charge in [0, 0.05) is 12.3 Å². The van der Waals surface area contributed by atoms with E-state index in [1.807, 2.05) is 62.4 Å². The van der Waals surface area contributed by atoms with Gasteiger partial charge in [-0.2, -0.15) is 0 Å². The SMILES string of the molecule is Cc1ccc(N=Cc2ccc(OC(=O)c3cccc4ccccc34)c([N+](=O)[O-])c2)c(C)c1. The van der Waals surface area contributed by atoms with Gasteiger partial charge in [-0.1, -0.05) is 54.1 Å². The number of carbonyl (C=O) groups is 1. The second kappa shape index (κ2) is 8.81. The van der Waals surface area contributed by atoms with Gasteiger partial charge in [0.1, 0.15) is 0 Å². The molecular formula is C26H20N2O4. The number of nitro benzene ring substituents is 1. The highest BCUT2D eigenvalue weighted by Crippen LogP contribution is 2.30. The van der Waals surface area contributed by atoms with Crippen LogP contribution in [0.15, 0.2) is 83.9 Å². The highest BCUT2D eigenvalue weighted by atomic mass is 16.6. The van der Waals surface area contributed by atoms with Gasteiger partial charge in [-0.3, -0.25) is 15.1 Å².